The Morgan fingerprint density at radius 1 is 1.42 bits per heavy atom. The Morgan fingerprint density at radius 2 is 2.16 bits per heavy atom. The van der Waals surface area contributed by atoms with Crippen LogP contribution in [0.5, 0.6) is 0 Å². The van der Waals surface area contributed by atoms with Crippen molar-refractivity contribution in [2.24, 2.45) is 11.7 Å². The fraction of sp³-hybridized carbons (Fsp3) is 0.533. The van der Waals surface area contributed by atoms with E-state index in [9.17, 15) is 9.90 Å². The minimum absolute atomic E-state index is 0.262. The third kappa shape index (κ3) is 4.04. The van der Waals surface area contributed by atoms with Crippen LogP contribution < -0.4 is 11.1 Å². The minimum atomic E-state index is -0.409. The quantitative estimate of drug-likeness (QED) is 0.726. The van der Waals surface area contributed by atoms with Crippen molar-refractivity contribution in [1.29, 1.82) is 0 Å². The zero-order valence-corrected chi connectivity index (χ0v) is 11.1. The fourth-order valence-corrected chi connectivity index (χ4v) is 2.71. The maximum atomic E-state index is 11.1. The third-order valence-electron chi connectivity index (χ3n) is 3.84. The highest BCUT2D eigenvalue weighted by Crippen LogP contribution is 2.27. The Balaban J connectivity index is 1.78. The molecule has 2 rings (SSSR count). The molecule has 1 aromatic carbocycles. The SMILES string of the molecule is NC(=O)c1cccc(CNCC(O)C2CCCC2)c1. The van der Waals surface area contributed by atoms with Crippen LogP contribution in [0, 0.1) is 5.92 Å². The van der Waals surface area contributed by atoms with Crippen LogP contribution in [-0.4, -0.2) is 23.7 Å². The fourth-order valence-electron chi connectivity index (χ4n) is 2.71. The second kappa shape index (κ2) is 6.68. The van der Waals surface area contributed by atoms with Gasteiger partial charge >= 0.3 is 0 Å². The number of amides is 1. The van der Waals surface area contributed by atoms with Crippen molar-refractivity contribution in [3.05, 3.63) is 35.4 Å². The normalized spacial score (nSPS) is 17.5. The van der Waals surface area contributed by atoms with Gasteiger partial charge in [-0.2, -0.15) is 0 Å². The van der Waals surface area contributed by atoms with Crippen molar-refractivity contribution in [1.82, 2.24) is 5.32 Å². The van der Waals surface area contributed by atoms with Crippen molar-refractivity contribution < 1.29 is 9.90 Å². The van der Waals surface area contributed by atoms with Gasteiger partial charge in [-0.1, -0.05) is 25.0 Å². The summed E-state index contributed by atoms with van der Waals surface area (Å²) in [7, 11) is 0. The molecule has 1 saturated carbocycles. The lowest BCUT2D eigenvalue weighted by molar-refractivity contribution is 0.0999. The molecule has 1 unspecified atom stereocenters. The van der Waals surface area contributed by atoms with E-state index in [0.29, 0.717) is 24.6 Å². The van der Waals surface area contributed by atoms with Crippen molar-refractivity contribution in [2.45, 2.75) is 38.3 Å². The van der Waals surface area contributed by atoms with E-state index in [1.807, 2.05) is 12.1 Å². The summed E-state index contributed by atoms with van der Waals surface area (Å²) >= 11 is 0. The molecule has 4 nitrogen and oxygen atoms in total. The molecule has 1 atom stereocenters. The molecule has 19 heavy (non-hydrogen) atoms. The van der Waals surface area contributed by atoms with Crippen molar-refractivity contribution in [3.63, 3.8) is 0 Å². The summed E-state index contributed by atoms with van der Waals surface area (Å²) in [5.74, 6) is 0.0392. The monoisotopic (exact) mass is 262 g/mol. The molecule has 1 aliphatic carbocycles. The largest absolute Gasteiger partial charge is 0.392 e. The molecule has 1 aliphatic rings. The van der Waals surface area contributed by atoms with Crippen LogP contribution in [-0.2, 0) is 6.54 Å². The van der Waals surface area contributed by atoms with E-state index < -0.39 is 5.91 Å². The Labute approximate surface area is 114 Å². The zero-order chi connectivity index (χ0) is 13.7. The summed E-state index contributed by atoms with van der Waals surface area (Å²) in [5.41, 5.74) is 6.78. The van der Waals surface area contributed by atoms with Crippen LogP contribution in [0.15, 0.2) is 24.3 Å². The topological polar surface area (TPSA) is 75.4 Å². The van der Waals surface area contributed by atoms with E-state index in [1.165, 1.54) is 12.8 Å². The molecule has 4 N–H and O–H groups in total. The predicted octanol–water partition coefficient (Wildman–Crippen LogP) is 1.43. The number of aliphatic hydroxyl groups is 1. The molecule has 0 aromatic heterocycles. The molecule has 104 valence electrons. The number of carbonyl (C=O) groups excluding carboxylic acids is 1. The van der Waals surface area contributed by atoms with Gasteiger partial charge in [0, 0.05) is 18.7 Å². The Kier molecular flexibility index (Phi) is 4.93. The van der Waals surface area contributed by atoms with E-state index in [-0.39, 0.29) is 6.10 Å². The first-order chi connectivity index (χ1) is 9.16. The third-order valence-corrected chi connectivity index (χ3v) is 3.84. The van der Waals surface area contributed by atoms with Gasteiger partial charge in [0.25, 0.3) is 0 Å². The summed E-state index contributed by atoms with van der Waals surface area (Å²) < 4.78 is 0. The highest BCUT2D eigenvalue weighted by molar-refractivity contribution is 5.92. The average Bonchev–Trinajstić information content (AvgIpc) is 2.93. The molecule has 0 aliphatic heterocycles. The number of aliphatic hydroxyl groups excluding tert-OH is 1. The van der Waals surface area contributed by atoms with E-state index in [1.54, 1.807) is 12.1 Å². The van der Waals surface area contributed by atoms with Gasteiger partial charge in [0.15, 0.2) is 0 Å². The molecule has 4 heteroatoms. The van der Waals surface area contributed by atoms with Gasteiger partial charge in [0.05, 0.1) is 6.10 Å². The molecule has 1 amide bonds. The van der Waals surface area contributed by atoms with Crippen LogP contribution in [0.25, 0.3) is 0 Å². The minimum Gasteiger partial charge on any atom is -0.392 e. The molecular formula is C15H22N2O2. The first-order valence-corrected chi connectivity index (χ1v) is 6.94. The summed E-state index contributed by atoms with van der Waals surface area (Å²) in [4.78, 5) is 11.1. The smallest absolute Gasteiger partial charge is 0.248 e. The Morgan fingerprint density at radius 3 is 2.84 bits per heavy atom. The molecule has 0 bridgehead atoms. The number of benzene rings is 1. The van der Waals surface area contributed by atoms with Crippen LogP contribution in [0.4, 0.5) is 0 Å². The predicted molar refractivity (Wildman–Crippen MR) is 74.6 cm³/mol. The highest BCUT2D eigenvalue weighted by Gasteiger charge is 2.22. The number of primary amides is 1. The Hall–Kier alpha value is -1.39. The van der Waals surface area contributed by atoms with Crippen LogP contribution in [0.3, 0.4) is 0 Å². The summed E-state index contributed by atoms with van der Waals surface area (Å²) in [6, 6.07) is 7.27. The first-order valence-electron chi connectivity index (χ1n) is 6.94. The van der Waals surface area contributed by atoms with Crippen molar-refractivity contribution in [3.8, 4) is 0 Å². The number of hydrogen-bond donors (Lipinski definition) is 3. The van der Waals surface area contributed by atoms with Crippen LogP contribution in [0.2, 0.25) is 0 Å². The van der Waals surface area contributed by atoms with Gasteiger partial charge in [0.2, 0.25) is 5.91 Å². The van der Waals surface area contributed by atoms with E-state index in [0.717, 1.165) is 18.4 Å². The molecule has 1 aromatic rings. The van der Waals surface area contributed by atoms with E-state index >= 15 is 0 Å². The lowest BCUT2D eigenvalue weighted by Crippen LogP contribution is -2.31. The van der Waals surface area contributed by atoms with E-state index in [2.05, 4.69) is 5.32 Å². The summed E-state index contributed by atoms with van der Waals surface area (Å²) in [5, 5.41) is 13.3. The second-order valence-electron chi connectivity index (χ2n) is 5.31. The molecule has 0 saturated heterocycles. The van der Waals surface area contributed by atoms with E-state index in [4.69, 9.17) is 5.73 Å². The molecule has 0 radical (unpaired) electrons. The maximum Gasteiger partial charge on any atom is 0.248 e. The van der Waals surface area contributed by atoms with Crippen LogP contribution >= 0.6 is 0 Å². The molecule has 0 spiro atoms. The highest BCUT2D eigenvalue weighted by atomic mass is 16.3. The van der Waals surface area contributed by atoms with Crippen molar-refractivity contribution in [2.75, 3.05) is 6.54 Å². The van der Waals surface area contributed by atoms with Gasteiger partial charge in [-0.3, -0.25) is 4.79 Å². The number of rotatable bonds is 6. The first kappa shape index (κ1) is 14.0. The summed E-state index contributed by atoms with van der Waals surface area (Å²) in [6.45, 7) is 1.25. The number of hydrogen-bond acceptors (Lipinski definition) is 3. The van der Waals surface area contributed by atoms with Gasteiger partial charge in [-0.25, -0.2) is 0 Å². The number of nitrogens with one attached hydrogen (secondary N) is 1. The maximum absolute atomic E-state index is 11.1. The van der Waals surface area contributed by atoms with Gasteiger partial charge < -0.3 is 16.2 Å². The van der Waals surface area contributed by atoms with Gasteiger partial charge in [-0.15, -0.1) is 0 Å². The lowest BCUT2D eigenvalue weighted by atomic mass is 10.0. The number of carbonyl (C=O) groups is 1. The average molecular weight is 262 g/mol. The second-order valence-corrected chi connectivity index (χ2v) is 5.31. The standard InChI is InChI=1S/C15H22N2O2/c16-15(19)13-7-3-4-11(8-13)9-17-10-14(18)12-5-1-2-6-12/h3-4,7-8,12,14,17-18H,1-2,5-6,9-10H2,(H2,16,19). The summed E-state index contributed by atoms with van der Waals surface area (Å²) in [6.07, 6.45) is 4.49. The Bertz CT molecular complexity index is 428. The van der Waals surface area contributed by atoms with Gasteiger partial charge in [-0.05, 0) is 36.5 Å². The van der Waals surface area contributed by atoms with Gasteiger partial charge in [0.1, 0.15) is 0 Å². The molecular weight excluding hydrogens is 240 g/mol. The number of nitrogens with two attached hydrogens (primary N) is 1. The zero-order valence-electron chi connectivity index (χ0n) is 11.1. The molecule has 1 fully saturated rings. The van der Waals surface area contributed by atoms with Crippen LogP contribution in [0.1, 0.15) is 41.6 Å². The molecule has 0 heterocycles. The lowest BCUT2D eigenvalue weighted by Gasteiger charge is -2.18. The van der Waals surface area contributed by atoms with Crippen molar-refractivity contribution >= 4 is 5.91 Å².